The molecule has 1 rings (SSSR count). The topological polar surface area (TPSA) is 109 Å². The summed E-state index contributed by atoms with van der Waals surface area (Å²) in [5.41, 5.74) is 5.89. The number of rotatable bonds is 4. The molecule has 0 aliphatic heterocycles. The fourth-order valence-corrected chi connectivity index (χ4v) is 3.50. The van der Waals surface area contributed by atoms with Crippen molar-refractivity contribution in [2.45, 2.75) is 38.3 Å². The van der Waals surface area contributed by atoms with Crippen molar-refractivity contribution in [1.82, 2.24) is 5.32 Å². The summed E-state index contributed by atoms with van der Waals surface area (Å²) in [7, 11) is -3.06. The molecule has 0 bridgehead atoms. The van der Waals surface area contributed by atoms with E-state index in [1.54, 1.807) is 6.92 Å². The smallest absolute Gasteiger partial charge is 0.404 e. The van der Waals surface area contributed by atoms with E-state index < -0.39 is 15.9 Å². The van der Waals surface area contributed by atoms with Crippen molar-refractivity contribution in [3.8, 4) is 0 Å². The number of amides is 1. The molecule has 1 saturated carbocycles. The van der Waals surface area contributed by atoms with E-state index in [1.807, 2.05) is 0 Å². The van der Waals surface area contributed by atoms with Gasteiger partial charge in [-0.25, -0.2) is 13.2 Å². The van der Waals surface area contributed by atoms with Gasteiger partial charge in [0.2, 0.25) is 0 Å². The van der Waals surface area contributed by atoms with Crippen molar-refractivity contribution in [1.29, 1.82) is 0 Å². The lowest BCUT2D eigenvalue weighted by atomic mass is 9.83. The van der Waals surface area contributed by atoms with E-state index >= 15 is 0 Å². The van der Waals surface area contributed by atoms with Crippen LogP contribution in [0.3, 0.4) is 0 Å². The average molecular weight is 264 g/mol. The Hall–Kier alpha value is -0.820. The monoisotopic (exact) mass is 264 g/mol. The first-order chi connectivity index (χ1) is 7.84. The number of nitrogens with one attached hydrogen (secondary N) is 1. The van der Waals surface area contributed by atoms with Gasteiger partial charge in [0, 0.05) is 17.8 Å². The Labute approximate surface area is 101 Å². The third-order valence-electron chi connectivity index (χ3n) is 3.28. The van der Waals surface area contributed by atoms with Crippen LogP contribution in [0, 0.1) is 5.92 Å². The molecule has 1 fully saturated rings. The molecule has 1 amide bonds. The minimum atomic E-state index is -3.06. The molecule has 0 aromatic carbocycles. The molecule has 0 spiro atoms. The van der Waals surface area contributed by atoms with Crippen LogP contribution in [-0.4, -0.2) is 43.2 Å². The number of carboxylic acid groups (broad SMARTS) is 1. The van der Waals surface area contributed by atoms with Crippen molar-refractivity contribution in [2.24, 2.45) is 11.7 Å². The van der Waals surface area contributed by atoms with Gasteiger partial charge >= 0.3 is 6.09 Å². The molecule has 1 aliphatic rings. The number of hydrogen-bond donors (Lipinski definition) is 3. The highest BCUT2D eigenvalue weighted by atomic mass is 32.2. The quantitative estimate of drug-likeness (QED) is 0.671. The molecule has 7 heteroatoms. The first kappa shape index (κ1) is 14.2. The minimum Gasteiger partial charge on any atom is -0.465 e. The zero-order valence-electron chi connectivity index (χ0n) is 9.93. The highest BCUT2D eigenvalue weighted by molar-refractivity contribution is 7.91. The van der Waals surface area contributed by atoms with Crippen LogP contribution in [0.4, 0.5) is 4.79 Å². The van der Waals surface area contributed by atoms with Gasteiger partial charge in [-0.2, -0.15) is 0 Å². The SMILES string of the molecule is CCS(=O)(=O)C[C@@H]1C[C@H](NC(=O)O)CC[C@@H]1N. The average Bonchev–Trinajstić information content (AvgIpc) is 2.22. The standard InChI is InChI=1S/C10H20N2O4S/c1-2-17(15,16)6-7-5-8(12-10(13)14)3-4-9(7)11/h7-9,12H,2-6,11H2,1H3,(H,13,14)/t7-,8+,9-/m0/s1. The zero-order chi connectivity index (χ0) is 13.1. The first-order valence-electron chi connectivity index (χ1n) is 5.79. The van der Waals surface area contributed by atoms with Crippen LogP contribution in [0.15, 0.2) is 0 Å². The first-order valence-corrected chi connectivity index (χ1v) is 7.61. The molecule has 6 nitrogen and oxygen atoms in total. The fraction of sp³-hybridized carbons (Fsp3) is 0.900. The second kappa shape index (κ2) is 5.68. The lowest BCUT2D eigenvalue weighted by molar-refractivity contribution is 0.180. The minimum absolute atomic E-state index is 0.0580. The summed E-state index contributed by atoms with van der Waals surface area (Å²) in [4.78, 5) is 10.5. The largest absolute Gasteiger partial charge is 0.465 e. The highest BCUT2D eigenvalue weighted by Gasteiger charge is 2.31. The van der Waals surface area contributed by atoms with Crippen molar-refractivity contribution < 1.29 is 18.3 Å². The highest BCUT2D eigenvalue weighted by Crippen LogP contribution is 2.25. The summed E-state index contributed by atoms with van der Waals surface area (Å²) in [6.45, 7) is 1.61. The summed E-state index contributed by atoms with van der Waals surface area (Å²) < 4.78 is 23.1. The van der Waals surface area contributed by atoms with Crippen LogP contribution < -0.4 is 11.1 Å². The molecule has 0 aromatic rings. The lowest BCUT2D eigenvalue weighted by Crippen LogP contribution is -2.47. The molecule has 0 unspecified atom stereocenters. The summed E-state index contributed by atoms with van der Waals surface area (Å²) in [6.07, 6.45) is 0.778. The van der Waals surface area contributed by atoms with Gasteiger partial charge in [-0.1, -0.05) is 6.92 Å². The number of nitrogens with two attached hydrogens (primary N) is 1. The molecule has 0 saturated heterocycles. The summed E-state index contributed by atoms with van der Waals surface area (Å²) in [5, 5.41) is 11.0. The van der Waals surface area contributed by atoms with Crippen molar-refractivity contribution >= 4 is 15.9 Å². The van der Waals surface area contributed by atoms with E-state index in [9.17, 15) is 13.2 Å². The molecule has 0 radical (unpaired) electrons. The van der Waals surface area contributed by atoms with Crippen molar-refractivity contribution in [3.63, 3.8) is 0 Å². The van der Waals surface area contributed by atoms with E-state index in [1.165, 1.54) is 0 Å². The Kier molecular flexibility index (Phi) is 4.76. The van der Waals surface area contributed by atoms with Gasteiger partial charge < -0.3 is 16.2 Å². The maximum absolute atomic E-state index is 11.5. The maximum atomic E-state index is 11.5. The Morgan fingerprint density at radius 2 is 2.12 bits per heavy atom. The normalized spacial score (nSPS) is 29.9. The fourth-order valence-electron chi connectivity index (χ4n) is 2.23. The molecule has 0 aromatic heterocycles. The van der Waals surface area contributed by atoms with Gasteiger partial charge in [0.15, 0.2) is 0 Å². The van der Waals surface area contributed by atoms with Crippen LogP contribution in [0.25, 0.3) is 0 Å². The van der Waals surface area contributed by atoms with Gasteiger partial charge in [-0.3, -0.25) is 0 Å². The second-order valence-electron chi connectivity index (χ2n) is 4.58. The number of hydrogen-bond acceptors (Lipinski definition) is 4. The van der Waals surface area contributed by atoms with E-state index in [4.69, 9.17) is 10.8 Å². The third-order valence-corrected chi connectivity index (χ3v) is 5.09. The molecule has 17 heavy (non-hydrogen) atoms. The lowest BCUT2D eigenvalue weighted by Gasteiger charge is -2.33. The predicted molar refractivity (Wildman–Crippen MR) is 64.6 cm³/mol. The summed E-state index contributed by atoms with van der Waals surface area (Å²) >= 11 is 0. The van der Waals surface area contributed by atoms with Gasteiger partial charge in [-0.15, -0.1) is 0 Å². The Bertz CT molecular complexity index is 369. The Morgan fingerprint density at radius 3 is 2.65 bits per heavy atom. The third kappa shape index (κ3) is 4.51. The van der Waals surface area contributed by atoms with Crippen LogP contribution in [0.2, 0.25) is 0 Å². The number of sulfone groups is 1. The molecule has 4 N–H and O–H groups in total. The van der Waals surface area contributed by atoms with E-state index in [-0.39, 0.29) is 29.5 Å². The van der Waals surface area contributed by atoms with Gasteiger partial charge in [-0.05, 0) is 25.2 Å². The van der Waals surface area contributed by atoms with Gasteiger partial charge in [0.05, 0.1) is 5.75 Å². The van der Waals surface area contributed by atoms with Gasteiger partial charge in [0.1, 0.15) is 9.84 Å². The van der Waals surface area contributed by atoms with E-state index in [2.05, 4.69) is 5.32 Å². The van der Waals surface area contributed by atoms with Crippen molar-refractivity contribution in [3.05, 3.63) is 0 Å². The number of carbonyl (C=O) groups is 1. The predicted octanol–water partition coefficient (Wildman–Crippen LogP) is 0.185. The molecule has 0 heterocycles. The molecule has 1 aliphatic carbocycles. The van der Waals surface area contributed by atoms with E-state index in [0.29, 0.717) is 19.3 Å². The summed E-state index contributed by atoms with van der Waals surface area (Å²) in [5.74, 6) is 0.0148. The van der Waals surface area contributed by atoms with Crippen LogP contribution in [0.5, 0.6) is 0 Å². The maximum Gasteiger partial charge on any atom is 0.404 e. The summed E-state index contributed by atoms with van der Waals surface area (Å²) in [6, 6.07) is -0.326. The van der Waals surface area contributed by atoms with Crippen LogP contribution in [-0.2, 0) is 9.84 Å². The zero-order valence-corrected chi connectivity index (χ0v) is 10.7. The van der Waals surface area contributed by atoms with E-state index in [0.717, 1.165) is 0 Å². The molecular weight excluding hydrogens is 244 g/mol. The Balaban J connectivity index is 2.60. The molecule has 100 valence electrons. The van der Waals surface area contributed by atoms with Crippen molar-refractivity contribution in [2.75, 3.05) is 11.5 Å². The Morgan fingerprint density at radius 1 is 1.47 bits per heavy atom. The van der Waals surface area contributed by atoms with Crippen LogP contribution >= 0.6 is 0 Å². The van der Waals surface area contributed by atoms with Crippen LogP contribution in [0.1, 0.15) is 26.2 Å². The molecule has 3 atom stereocenters. The van der Waals surface area contributed by atoms with Gasteiger partial charge in [0.25, 0.3) is 0 Å². The molecular formula is C10H20N2O4S. The second-order valence-corrected chi connectivity index (χ2v) is 6.98.